The van der Waals surface area contributed by atoms with Gasteiger partial charge in [0.1, 0.15) is 11.8 Å². The second-order valence-electron chi connectivity index (χ2n) is 4.57. The van der Waals surface area contributed by atoms with Crippen molar-refractivity contribution in [2.24, 2.45) is 11.7 Å². The first-order chi connectivity index (χ1) is 8.61. The van der Waals surface area contributed by atoms with E-state index in [9.17, 15) is 4.79 Å². The number of halogens is 1. The molecule has 0 bridgehead atoms. The molecule has 1 aromatic rings. The van der Waals surface area contributed by atoms with Crippen LogP contribution in [0.3, 0.4) is 0 Å². The van der Waals surface area contributed by atoms with E-state index in [4.69, 9.17) is 10.5 Å². The van der Waals surface area contributed by atoms with Crippen LogP contribution in [0.5, 0.6) is 5.75 Å². The topological polar surface area (TPSA) is 64.3 Å². The number of benzene rings is 1. The molecule has 0 spiro atoms. The fourth-order valence-corrected chi connectivity index (χ4v) is 2.32. The summed E-state index contributed by atoms with van der Waals surface area (Å²) in [6, 6.07) is 5.06. The van der Waals surface area contributed by atoms with Gasteiger partial charge in [-0.1, -0.05) is 15.9 Å². The van der Waals surface area contributed by atoms with Crippen molar-refractivity contribution in [2.45, 2.75) is 18.9 Å². The summed E-state index contributed by atoms with van der Waals surface area (Å²) < 4.78 is 6.03. The summed E-state index contributed by atoms with van der Waals surface area (Å²) in [4.78, 5) is 11.6. The van der Waals surface area contributed by atoms with E-state index in [-0.39, 0.29) is 5.91 Å². The summed E-state index contributed by atoms with van der Waals surface area (Å²) in [5.41, 5.74) is 6.29. The Hall–Kier alpha value is -1.07. The maximum atomic E-state index is 11.6. The van der Waals surface area contributed by atoms with Crippen molar-refractivity contribution in [1.29, 1.82) is 0 Å². The molecule has 1 aromatic carbocycles. The summed E-state index contributed by atoms with van der Waals surface area (Å²) in [5, 5.41) is 3.23. The van der Waals surface area contributed by atoms with Gasteiger partial charge < -0.3 is 15.8 Å². The molecule has 2 rings (SSSR count). The zero-order valence-electron chi connectivity index (χ0n) is 10.3. The standard InChI is InChI=1S/C13H17BrN2O2/c1-18-9-4-5-11(14)10(6-9)12(13(15)17)16-7-8-2-3-8/h4-6,8,12,16H,2-3,7H2,1H3,(H2,15,17). The van der Waals surface area contributed by atoms with E-state index in [1.165, 1.54) is 12.8 Å². The third-order valence-electron chi connectivity index (χ3n) is 3.11. The summed E-state index contributed by atoms with van der Waals surface area (Å²) in [5.74, 6) is 1.04. The second kappa shape index (κ2) is 5.71. The minimum atomic E-state index is -0.477. The average molecular weight is 313 g/mol. The first kappa shape index (κ1) is 13.4. The minimum absolute atomic E-state index is 0.371. The number of primary amides is 1. The van der Waals surface area contributed by atoms with E-state index in [0.717, 1.165) is 16.6 Å². The van der Waals surface area contributed by atoms with Crippen molar-refractivity contribution in [3.8, 4) is 5.75 Å². The summed E-state index contributed by atoms with van der Waals surface area (Å²) in [6.45, 7) is 0.831. The van der Waals surface area contributed by atoms with Gasteiger partial charge in [-0.15, -0.1) is 0 Å². The number of carbonyl (C=O) groups excluding carboxylic acids is 1. The fourth-order valence-electron chi connectivity index (χ4n) is 1.84. The first-order valence-electron chi connectivity index (χ1n) is 5.98. The number of ether oxygens (including phenoxy) is 1. The Kier molecular flexibility index (Phi) is 4.24. The van der Waals surface area contributed by atoms with E-state index in [1.54, 1.807) is 7.11 Å². The third-order valence-corrected chi connectivity index (χ3v) is 3.83. The van der Waals surface area contributed by atoms with Gasteiger partial charge in [0.2, 0.25) is 5.91 Å². The fraction of sp³-hybridized carbons (Fsp3) is 0.462. The highest BCUT2D eigenvalue weighted by Gasteiger charge is 2.26. The van der Waals surface area contributed by atoms with E-state index in [1.807, 2.05) is 18.2 Å². The van der Waals surface area contributed by atoms with Gasteiger partial charge in [0.05, 0.1) is 7.11 Å². The van der Waals surface area contributed by atoms with Gasteiger partial charge in [0.25, 0.3) is 0 Å². The second-order valence-corrected chi connectivity index (χ2v) is 5.43. The molecule has 0 saturated heterocycles. The van der Waals surface area contributed by atoms with Gasteiger partial charge in [0.15, 0.2) is 0 Å². The minimum Gasteiger partial charge on any atom is -0.497 e. The molecule has 0 aliphatic heterocycles. The lowest BCUT2D eigenvalue weighted by Gasteiger charge is -2.18. The number of carbonyl (C=O) groups is 1. The molecule has 4 nitrogen and oxygen atoms in total. The number of nitrogens with one attached hydrogen (secondary N) is 1. The molecule has 1 unspecified atom stereocenters. The molecule has 1 aliphatic carbocycles. The van der Waals surface area contributed by atoms with Crippen LogP contribution in [0, 0.1) is 5.92 Å². The normalized spacial score (nSPS) is 16.3. The SMILES string of the molecule is COc1ccc(Br)c(C(NCC2CC2)C(N)=O)c1. The van der Waals surface area contributed by atoms with Crippen LogP contribution in [0.4, 0.5) is 0 Å². The molecule has 1 atom stereocenters. The van der Waals surface area contributed by atoms with Gasteiger partial charge >= 0.3 is 0 Å². The van der Waals surface area contributed by atoms with Crippen molar-refractivity contribution in [3.63, 3.8) is 0 Å². The van der Waals surface area contributed by atoms with E-state index < -0.39 is 6.04 Å². The largest absolute Gasteiger partial charge is 0.497 e. The summed E-state index contributed by atoms with van der Waals surface area (Å²) in [7, 11) is 1.60. The van der Waals surface area contributed by atoms with Gasteiger partial charge in [-0.2, -0.15) is 0 Å². The number of hydrogen-bond acceptors (Lipinski definition) is 3. The van der Waals surface area contributed by atoms with Gasteiger partial charge in [-0.3, -0.25) is 4.79 Å². The predicted octanol–water partition coefficient (Wildman–Crippen LogP) is 1.98. The number of rotatable bonds is 6. The molecule has 0 aromatic heterocycles. The van der Waals surface area contributed by atoms with E-state index in [2.05, 4.69) is 21.2 Å². The maximum absolute atomic E-state index is 11.6. The smallest absolute Gasteiger partial charge is 0.239 e. The predicted molar refractivity (Wildman–Crippen MR) is 73.4 cm³/mol. The first-order valence-corrected chi connectivity index (χ1v) is 6.77. The van der Waals surface area contributed by atoms with Crippen molar-refractivity contribution >= 4 is 21.8 Å². The van der Waals surface area contributed by atoms with Crippen LogP contribution in [0.25, 0.3) is 0 Å². The van der Waals surface area contributed by atoms with Crippen molar-refractivity contribution in [2.75, 3.05) is 13.7 Å². The Labute approximate surface area is 115 Å². The molecule has 3 N–H and O–H groups in total. The van der Waals surface area contributed by atoms with E-state index in [0.29, 0.717) is 11.7 Å². The Balaban J connectivity index is 2.19. The summed E-state index contributed by atoms with van der Waals surface area (Å²) >= 11 is 3.45. The Morgan fingerprint density at radius 3 is 2.89 bits per heavy atom. The Morgan fingerprint density at radius 1 is 1.61 bits per heavy atom. The highest BCUT2D eigenvalue weighted by atomic mass is 79.9. The molecule has 1 amide bonds. The van der Waals surface area contributed by atoms with Crippen LogP contribution in [-0.4, -0.2) is 19.6 Å². The Bertz CT molecular complexity index is 447. The molecule has 98 valence electrons. The number of nitrogens with two attached hydrogens (primary N) is 1. The van der Waals surface area contributed by atoms with Gasteiger partial charge in [-0.25, -0.2) is 0 Å². The highest BCUT2D eigenvalue weighted by Crippen LogP contribution is 2.31. The van der Waals surface area contributed by atoms with Crippen LogP contribution in [0.15, 0.2) is 22.7 Å². The molecule has 0 radical (unpaired) electrons. The highest BCUT2D eigenvalue weighted by molar-refractivity contribution is 9.10. The Morgan fingerprint density at radius 2 is 2.33 bits per heavy atom. The molecular weight excluding hydrogens is 296 g/mol. The molecule has 18 heavy (non-hydrogen) atoms. The number of amides is 1. The molecule has 1 fully saturated rings. The molecule has 5 heteroatoms. The average Bonchev–Trinajstić information content (AvgIpc) is 3.15. The third kappa shape index (κ3) is 3.23. The van der Waals surface area contributed by atoms with Crippen molar-refractivity contribution in [3.05, 3.63) is 28.2 Å². The van der Waals surface area contributed by atoms with Crippen molar-refractivity contribution < 1.29 is 9.53 Å². The number of hydrogen-bond donors (Lipinski definition) is 2. The van der Waals surface area contributed by atoms with E-state index >= 15 is 0 Å². The van der Waals surface area contributed by atoms with Crippen LogP contribution in [-0.2, 0) is 4.79 Å². The van der Waals surface area contributed by atoms with Crippen molar-refractivity contribution in [1.82, 2.24) is 5.32 Å². The van der Waals surface area contributed by atoms with Crippen LogP contribution < -0.4 is 15.8 Å². The molecular formula is C13H17BrN2O2. The zero-order valence-corrected chi connectivity index (χ0v) is 11.9. The number of methoxy groups -OCH3 is 1. The lowest BCUT2D eigenvalue weighted by Crippen LogP contribution is -2.35. The lowest BCUT2D eigenvalue weighted by atomic mass is 10.1. The molecule has 1 saturated carbocycles. The summed E-state index contributed by atoms with van der Waals surface area (Å²) in [6.07, 6.45) is 2.47. The maximum Gasteiger partial charge on any atom is 0.239 e. The zero-order chi connectivity index (χ0) is 13.1. The molecule has 1 aliphatic rings. The quantitative estimate of drug-likeness (QED) is 0.844. The van der Waals surface area contributed by atoms with Crippen LogP contribution in [0.2, 0.25) is 0 Å². The monoisotopic (exact) mass is 312 g/mol. The van der Waals surface area contributed by atoms with Gasteiger partial charge in [0, 0.05) is 4.47 Å². The van der Waals surface area contributed by atoms with Gasteiger partial charge in [-0.05, 0) is 49.1 Å². The lowest BCUT2D eigenvalue weighted by molar-refractivity contribution is -0.120. The van der Waals surface area contributed by atoms with Crippen LogP contribution >= 0.6 is 15.9 Å². The van der Waals surface area contributed by atoms with Crippen LogP contribution in [0.1, 0.15) is 24.4 Å². The molecule has 0 heterocycles.